The maximum absolute atomic E-state index is 11.0. The van der Waals surface area contributed by atoms with Crippen molar-refractivity contribution in [1.82, 2.24) is 10.9 Å². The summed E-state index contributed by atoms with van der Waals surface area (Å²) in [5.74, 6) is 0. The number of nitrogens with two attached hydrogens (primary N) is 2. The van der Waals surface area contributed by atoms with Crippen molar-refractivity contribution in [3.63, 3.8) is 0 Å². The van der Waals surface area contributed by atoms with E-state index in [1.165, 1.54) is 0 Å². The minimum Gasteiger partial charge on any atom is -0.350 e. The highest BCUT2D eigenvalue weighted by atomic mass is 35.5. The first-order valence-electron chi connectivity index (χ1n) is 8.61. The van der Waals surface area contributed by atoms with Crippen LogP contribution < -0.4 is 22.3 Å². The molecule has 0 spiro atoms. The largest absolute Gasteiger partial charge is 0.350 e. The van der Waals surface area contributed by atoms with E-state index in [9.17, 15) is 9.59 Å². The van der Waals surface area contributed by atoms with Crippen LogP contribution in [0.2, 0.25) is 10.0 Å². The number of nitrogens with zero attached hydrogens (tertiary/aromatic N) is 2. The maximum Gasteiger partial charge on any atom is 0.332 e. The number of hydrogen-bond donors (Lipinski definition) is 4. The molecule has 10 heteroatoms. The van der Waals surface area contributed by atoms with Crippen LogP contribution in [0, 0.1) is 0 Å². The van der Waals surface area contributed by atoms with Gasteiger partial charge in [-0.2, -0.15) is 10.2 Å². The average molecular weight is 435 g/mol. The van der Waals surface area contributed by atoms with Crippen molar-refractivity contribution in [3.8, 4) is 0 Å². The van der Waals surface area contributed by atoms with Crippen molar-refractivity contribution in [3.05, 3.63) is 69.7 Å². The van der Waals surface area contributed by atoms with Gasteiger partial charge in [0.1, 0.15) is 0 Å². The van der Waals surface area contributed by atoms with Crippen LogP contribution in [0.3, 0.4) is 0 Å². The molecule has 0 aliphatic heterocycles. The lowest BCUT2D eigenvalue weighted by atomic mass is 10.0. The zero-order valence-corrected chi connectivity index (χ0v) is 16.9. The molecule has 0 heterocycles. The number of primary amides is 2. The lowest BCUT2D eigenvalue weighted by Crippen LogP contribution is -2.26. The molecule has 0 atom stereocenters. The Morgan fingerprint density at radius 3 is 1.38 bits per heavy atom. The van der Waals surface area contributed by atoms with Gasteiger partial charge in [-0.15, -0.1) is 0 Å². The van der Waals surface area contributed by atoms with Crippen molar-refractivity contribution >= 4 is 46.7 Å². The SMILES string of the molecule is NC(=O)N/N=C(/CCC/C(=N\NC(N)=O)c1ccc(Cl)cc1)c1ccc(Cl)cc1. The van der Waals surface area contributed by atoms with Crippen LogP contribution in [0.25, 0.3) is 0 Å². The smallest absolute Gasteiger partial charge is 0.332 e. The Balaban J connectivity index is 2.14. The van der Waals surface area contributed by atoms with Gasteiger partial charge in [0.2, 0.25) is 0 Å². The van der Waals surface area contributed by atoms with Crippen LogP contribution in [0.1, 0.15) is 30.4 Å². The molecule has 0 saturated carbocycles. The molecule has 6 N–H and O–H groups in total. The predicted molar refractivity (Wildman–Crippen MR) is 115 cm³/mol. The Kier molecular flexibility index (Phi) is 8.45. The van der Waals surface area contributed by atoms with E-state index in [0.29, 0.717) is 40.7 Å². The molecule has 0 fully saturated rings. The number of urea groups is 2. The Morgan fingerprint density at radius 2 is 1.07 bits per heavy atom. The summed E-state index contributed by atoms with van der Waals surface area (Å²) in [7, 11) is 0. The number of carbonyl (C=O) groups excluding carboxylic acids is 2. The third kappa shape index (κ3) is 7.81. The van der Waals surface area contributed by atoms with Crippen LogP contribution in [0.4, 0.5) is 9.59 Å². The minimum atomic E-state index is -0.759. The summed E-state index contributed by atoms with van der Waals surface area (Å²) in [4.78, 5) is 22.1. The number of halogens is 2. The molecule has 0 aliphatic rings. The molecular formula is C19H20Cl2N6O2. The van der Waals surface area contributed by atoms with Crippen LogP contribution in [0.5, 0.6) is 0 Å². The van der Waals surface area contributed by atoms with E-state index in [-0.39, 0.29) is 0 Å². The molecule has 0 bridgehead atoms. The van der Waals surface area contributed by atoms with Gasteiger partial charge in [0.25, 0.3) is 0 Å². The summed E-state index contributed by atoms with van der Waals surface area (Å²) >= 11 is 11.9. The zero-order valence-electron chi connectivity index (χ0n) is 15.4. The number of amides is 4. The Labute approximate surface area is 177 Å². The quantitative estimate of drug-likeness (QED) is 0.372. The first kappa shape index (κ1) is 22.2. The van der Waals surface area contributed by atoms with Crippen molar-refractivity contribution in [2.75, 3.05) is 0 Å². The van der Waals surface area contributed by atoms with E-state index in [1.807, 2.05) is 0 Å². The first-order valence-corrected chi connectivity index (χ1v) is 9.36. The normalized spacial score (nSPS) is 11.8. The Hall–Kier alpha value is -3.10. The number of hydrogen-bond acceptors (Lipinski definition) is 4. The summed E-state index contributed by atoms with van der Waals surface area (Å²) in [5, 5.41) is 9.34. The van der Waals surface area contributed by atoms with Crippen molar-refractivity contribution in [2.45, 2.75) is 19.3 Å². The fourth-order valence-corrected chi connectivity index (χ4v) is 2.73. The van der Waals surface area contributed by atoms with Gasteiger partial charge in [-0.1, -0.05) is 47.5 Å². The molecule has 29 heavy (non-hydrogen) atoms. The molecular weight excluding hydrogens is 415 g/mol. The summed E-state index contributed by atoms with van der Waals surface area (Å²) < 4.78 is 0. The fourth-order valence-electron chi connectivity index (χ4n) is 2.48. The molecule has 2 aromatic carbocycles. The molecule has 2 aromatic rings. The van der Waals surface area contributed by atoms with Gasteiger partial charge >= 0.3 is 12.1 Å². The summed E-state index contributed by atoms with van der Waals surface area (Å²) in [5.41, 5.74) is 17.6. The first-order chi connectivity index (χ1) is 13.8. The molecule has 152 valence electrons. The molecule has 0 radical (unpaired) electrons. The molecule has 4 amide bonds. The predicted octanol–water partition coefficient (Wildman–Crippen LogP) is 3.61. The standard InChI is InChI=1S/C19H20Cl2N6O2/c20-14-8-4-12(5-9-14)16(24-26-18(22)28)2-1-3-17(25-27-19(23)29)13-6-10-15(21)11-7-13/h4-11H,1-3H2,(H3,22,26,28)(H3,23,27,29)/b24-16-,25-17+. The monoisotopic (exact) mass is 434 g/mol. The molecule has 0 saturated heterocycles. The van der Waals surface area contributed by atoms with Gasteiger partial charge < -0.3 is 11.5 Å². The van der Waals surface area contributed by atoms with E-state index in [0.717, 1.165) is 11.1 Å². The fraction of sp³-hybridized carbons (Fsp3) is 0.158. The summed E-state index contributed by atoms with van der Waals surface area (Å²) in [6.45, 7) is 0. The lowest BCUT2D eigenvalue weighted by molar-refractivity contribution is 0.248. The molecule has 0 aromatic heterocycles. The highest BCUT2D eigenvalue weighted by molar-refractivity contribution is 6.31. The molecule has 0 unspecified atom stereocenters. The zero-order chi connectivity index (χ0) is 21.2. The second-order valence-electron chi connectivity index (χ2n) is 5.94. The third-order valence-electron chi connectivity index (χ3n) is 3.78. The molecule has 0 aliphatic carbocycles. The molecule has 2 rings (SSSR count). The van der Waals surface area contributed by atoms with E-state index in [2.05, 4.69) is 21.1 Å². The van der Waals surface area contributed by atoms with Crippen molar-refractivity contribution < 1.29 is 9.59 Å². The Bertz CT molecular complexity index is 836. The average Bonchev–Trinajstić information content (AvgIpc) is 2.68. The topological polar surface area (TPSA) is 135 Å². The second kappa shape index (κ2) is 11.0. The van der Waals surface area contributed by atoms with Crippen LogP contribution in [0.15, 0.2) is 58.7 Å². The van der Waals surface area contributed by atoms with E-state index < -0.39 is 12.1 Å². The van der Waals surface area contributed by atoms with Crippen molar-refractivity contribution in [2.24, 2.45) is 21.7 Å². The van der Waals surface area contributed by atoms with E-state index in [4.69, 9.17) is 34.7 Å². The number of rotatable bonds is 8. The summed E-state index contributed by atoms with van der Waals surface area (Å²) in [6.07, 6.45) is 1.62. The van der Waals surface area contributed by atoms with Gasteiger partial charge in [-0.3, -0.25) is 0 Å². The van der Waals surface area contributed by atoms with Crippen molar-refractivity contribution in [1.29, 1.82) is 0 Å². The van der Waals surface area contributed by atoms with Gasteiger partial charge in [-0.25, -0.2) is 20.4 Å². The van der Waals surface area contributed by atoms with Crippen LogP contribution in [-0.4, -0.2) is 23.5 Å². The van der Waals surface area contributed by atoms with Crippen LogP contribution >= 0.6 is 23.2 Å². The molecule has 8 nitrogen and oxygen atoms in total. The minimum absolute atomic E-state index is 0.505. The Morgan fingerprint density at radius 1 is 0.724 bits per heavy atom. The lowest BCUT2D eigenvalue weighted by Gasteiger charge is -2.10. The third-order valence-corrected chi connectivity index (χ3v) is 4.29. The van der Waals surface area contributed by atoms with Gasteiger partial charge in [0, 0.05) is 10.0 Å². The van der Waals surface area contributed by atoms with E-state index >= 15 is 0 Å². The van der Waals surface area contributed by atoms with Crippen LogP contribution in [-0.2, 0) is 0 Å². The maximum atomic E-state index is 11.0. The highest BCUT2D eigenvalue weighted by Gasteiger charge is 2.09. The number of nitrogens with one attached hydrogen (secondary N) is 2. The van der Waals surface area contributed by atoms with Gasteiger partial charge in [-0.05, 0) is 54.7 Å². The second-order valence-corrected chi connectivity index (χ2v) is 6.81. The van der Waals surface area contributed by atoms with Gasteiger partial charge in [0.15, 0.2) is 0 Å². The van der Waals surface area contributed by atoms with E-state index in [1.54, 1.807) is 48.5 Å². The summed E-state index contributed by atoms with van der Waals surface area (Å²) in [6, 6.07) is 12.6. The van der Waals surface area contributed by atoms with Gasteiger partial charge in [0.05, 0.1) is 11.4 Å². The number of carbonyl (C=O) groups is 2. The number of hydrazone groups is 2. The highest BCUT2D eigenvalue weighted by Crippen LogP contribution is 2.16. The number of benzene rings is 2.